The molecule has 1 aromatic carbocycles. The summed E-state index contributed by atoms with van der Waals surface area (Å²) in [4.78, 5) is 11.7. The van der Waals surface area contributed by atoms with Crippen LogP contribution in [0, 0.1) is 13.8 Å². The van der Waals surface area contributed by atoms with Gasteiger partial charge in [0.15, 0.2) is 0 Å². The van der Waals surface area contributed by atoms with Crippen molar-refractivity contribution < 1.29 is 0 Å². The third-order valence-electron chi connectivity index (χ3n) is 4.86. The number of nitrogens with one attached hydrogen (secondary N) is 1. The Balaban J connectivity index is 1.84. The van der Waals surface area contributed by atoms with E-state index in [4.69, 9.17) is 0 Å². The highest BCUT2D eigenvalue weighted by atomic mass is 32.1. The first-order valence-electron chi connectivity index (χ1n) is 8.32. The SMILES string of the molecule is Cc1cccc(Nc2ncnc3sc4c(c23)CCCCC4)c1C. The van der Waals surface area contributed by atoms with E-state index < -0.39 is 0 Å². The van der Waals surface area contributed by atoms with Crippen LogP contribution in [0.5, 0.6) is 0 Å². The van der Waals surface area contributed by atoms with Gasteiger partial charge in [0.2, 0.25) is 0 Å². The molecule has 4 rings (SSSR count). The lowest BCUT2D eigenvalue weighted by Gasteiger charge is -2.12. The van der Waals surface area contributed by atoms with Gasteiger partial charge in [-0.3, -0.25) is 0 Å². The van der Waals surface area contributed by atoms with Gasteiger partial charge in [0.25, 0.3) is 0 Å². The zero-order valence-corrected chi connectivity index (χ0v) is 14.5. The Hall–Kier alpha value is -1.94. The van der Waals surface area contributed by atoms with Crippen LogP contribution in [0.25, 0.3) is 10.2 Å². The van der Waals surface area contributed by atoms with Crippen molar-refractivity contribution in [2.75, 3.05) is 5.32 Å². The quantitative estimate of drug-likeness (QED) is 0.649. The minimum atomic E-state index is 0.961. The number of thiophene rings is 1. The second-order valence-corrected chi connectivity index (χ2v) is 7.42. The molecular weight excluding hydrogens is 302 g/mol. The van der Waals surface area contributed by atoms with Gasteiger partial charge in [-0.05, 0) is 62.3 Å². The molecule has 23 heavy (non-hydrogen) atoms. The summed E-state index contributed by atoms with van der Waals surface area (Å²) < 4.78 is 0. The molecule has 2 heterocycles. The van der Waals surface area contributed by atoms with Gasteiger partial charge in [-0.25, -0.2) is 9.97 Å². The van der Waals surface area contributed by atoms with E-state index in [1.807, 2.05) is 11.3 Å². The Morgan fingerprint density at radius 1 is 1.04 bits per heavy atom. The number of rotatable bonds is 2. The van der Waals surface area contributed by atoms with Crippen LogP contribution >= 0.6 is 11.3 Å². The predicted molar refractivity (Wildman–Crippen MR) is 97.9 cm³/mol. The minimum absolute atomic E-state index is 0.961. The molecule has 0 bridgehead atoms. The van der Waals surface area contributed by atoms with Crippen molar-refractivity contribution in [2.24, 2.45) is 0 Å². The molecule has 2 aromatic heterocycles. The van der Waals surface area contributed by atoms with Crippen LogP contribution in [0.3, 0.4) is 0 Å². The van der Waals surface area contributed by atoms with Gasteiger partial charge in [0.05, 0.1) is 5.39 Å². The second-order valence-electron chi connectivity index (χ2n) is 6.34. The fourth-order valence-corrected chi connectivity index (χ4v) is 4.60. The zero-order valence-electron chi connectivity index (χ0n) is 13.6. The fourth-order valence-electron chi connectivity index (χ4n) is 3.38. The maximum atomic E-state index is 4.57. The van der Waals surface area contributed by atoms with E-state index in [9.17, 15) is 0 Å². The maximum absolute atomic E-state index is 4.57. The first-order valence-corrected chi connectivity index (χ1v) is 9.14. The topological polar surface area (TPSA) is 37.8 Å². The summed E-state index contributed by atoms with van der Waals surface area (Å²) in [5.74, 6) is 0.961. The molecule has 118 valence electrons. The number of benzene rings is 1. The third kappa shape index (κ3) is 2.61. The average Bonchev–Trinajstić information content (AvgIpc) is 2.75. The summed E-state index contributed by atoms with van der Waals surface area (Å²) in [6.45, 7) is 4.30. The van der Waals surface area contributed by atoms with Gasteiger partial charge < -0.3 is 5.32 Å². The normalized spacial score (nSPS) is 14.5. The first-order chi connectivity index (χ1) is 11.2. The standard InChI is InChI=1S/C19H21N3S/c1-12-7-6-9-15(13(12)2)22-18-17-14-8-4-3-5-10-16(14)23-19(17)21-11-20-18/h6-7,9,11H,3-5,8,10H2,1-2H3,(H,20,21,22). The Labute approximate surface area is 140 Å². The summed E-state index contributed by atoms with van der Waals surface area (Å²) in [6.07, 6.45) is 7.94. The number of hydrogen-bond donors (Lipinski definition) is 1. The van der Waals surface area contributed by atoms with E-state index in [2.05, 4.69) is 47.3 Å². The molecule has 0 radical (unpaired) electrons. The van der Waals surface area contributed by atoms with Crippen LogP contribution < -0.4 is 5.32 Å². The van der Waals surface area contributed by atoms with Crippen LogP contribution in [0.2, 0.25) is 0 Å². The molecule has 1 N–H and O–H groups in total. The lowest BCUT2D eigenvalue weighted by atomic mass is 10.1. The lowest BCUT2D eigenvalue weighted by molar-refractivity contribution is 0.713. The second kappa shape index (κ2) is 5.93. The van der Waals surface area contributed by atoms with Crippen LogP contribution in [-0.4, -0.2) is 9.97 Å². The van der Waals surface area contributed by atoms with E-state index >= 15 is 0 Å². The smallest absolute Gasteiger partial charge is 0.142 e. The molecule has 0 atom stereocenters. The highest BCUT2D eigenvalue weighted by Crippen LogP contribution is 2.38. The monoisotopic (exact) mass is 323 g/mol. The van der Waals surface area contributed by atoms with Crippen molar-refractivity contribution in [3.8, 4) is 0 Å². The van der Waals surface area contributed by atoms with Crippen molar-refractivity contribution in [1.29, 1.82) is 0 Å². The molecule has 0 amide bonds. The molecule has 1 aliphatic carbocycles. The van der Waals surface area contributed by atoms with Gasteiger partial charge in [-0.15, -0.1) is 11.3 Å². The number of anilines is 2. The van der Waals surface area contributed by atoms with E-state index in [0.29, 0.717) is 0 Å². The van der Waals surface area contributed by atoms with Crippen LogP contribution in [-0.2, 0) is 12.8 Å². The van der Waals surface area contributed by atoms with Crippen LogP contribution in [0.15, 0.2) is 24.5 Å². The largest absolute Gasteiger partial charge is 0.339 e. The highest BCUT2D eigenvalue weighted by Gasteiger charge is 2.19. The van der Waals surface area contributed by atoms with Gasteiger partial charge in [0, 0.05) is 10.6 Å². The Bertz CT molecular complexity index is 866. The van der Waals surface area contributed by atoms with Gasteiger partial charge in [-0.1, -0.05) is 18.6 Å². The highest BCUT2D eigenvalue weighted by molar-refractivity contribution is 7.18. The molecule has 0 fully saturated rings. The third-order valence-corrected chi connectivity index (χ3v) is 6.06. The summed E-state index contributed by atoms with van der Waals surface area (Å²) in [6, 6.07) is 6.37. The van der Waals surface area contributed by atoms with Crippen molar-refractivity contribution in [3.63, 3.8) is 0 Å². The molecular formula is C19H21N3S. The predicted octanol–water partition coefficient (Wildman–Crippen LogP) is 5.32. The van der Waals surface area contributed by atoms with Crippen molar-refractivity contribution in [2.45, 2.75) is 46.0 Å². The Morgan fingerprint density at radius 3 is 2.83 bits per heavy atom. The van der Waals surface area contributed by atoms with Crippen LogP contribution in [0.1, 0.15) is 40.8 Å². The van der Waals surface area contributed by atoms with Crippen LogP contribution in [0.4, 0.5) is 11.5 Å². The Kier molecular flexibility index (Phi) is 3.77. The summed E-state index contributed by atoms with van der Waals surface area (Å²) in [7, 11) is 0. The van der Waals surface area contributed by atoms with Crippen molar-refractivity contribution >= 4 is 33.1 Å². The molecule has 0 saturated carbocycles. The lowest BCUT2D eigenvalue weighted by Crippen LogP contribution is -1.99. The number of aryl methyl sites for hydroxylation is 3. The van der Waals surface area contributed by atoms with Gasteiger partial charge in [0.1, 0.15) is 17.0 Å². The van der Waals surface area contributed by atoms with E-state index in [0.717, 1.165) is 22.8 Å². The van der Waals surface area contributed by atoms with E-state index in [1.54, 1.807) is 6.33 Å². The summed E-state index contributed by atoms with van der Waals surface area (Å²) in [5.41, 5.74) is 5.19. The first kappa shape index (κ1) is 14.6. The number of aromatic nitrogens is 2. The molecule has 1 aliphatic rings. The molecule has 4 heteroatoms. The molecule has 0 spiro atoms. The fraction of sp³-hybridized carbons (Fsp3) is 0.368. The number of nitrogens with zero attached hydrogens (tertiary/aromatic N) is 2. The molecule has 0 unspecified atom stereocenters. The van der Waals surface area contributed by atoms with E-state index in [-0.39, 0.29) is 0 Å². The molecule has 3 aromatic rings. The van der Waals surface area contributed by atoms with Gasteiger partial charge in [-0.2, -0.15) is 0 Å². The maximum Gasteiger partial charge on any atom is 0.142 e. The average molecular weight is 323 g/mol. The zero-order chi connectivity index (χ0) is 15.8. The van der Waals surface area contributed by atoms with Crippen molar-refractivity contribution in [3.05, 3.63) is 46.1 Å². The van der Waals surface area contributed by atoms with Gasteiger partial charge >= 0.3 is 0 Å². The molecule has 3 nitrogen and oxygen atoms in total. The van der Waals surface area contributed by atoms with Crippen molar-refractivity contribution in [1.82, 2.24) is 9.97 Å². The number of hydrogen-bond acceptors (Lipinski definition) is 4. The number of fused-ring (bicyclic) bond motifs is 3. The molecule has 0 saturated heterocycles. The van der Waals surface area contributed by atoms with E-state index in [1.165, 1.54) is 52.6 Å². The minimum Gasteiger partial charge on any atom is -0.339 e. The summed E-state index contributed by atoms with van der Waals surface area (Å²) in [5, 5.41) is 4.81. The Morgan fingerprint density at radius 2 is 1.91 bits per heavy atom. The summed E-state index contributed by atoms with van der Waals surface area (Å²) >= 11 is 1.85. The molecule has 0 aliphatic heterocycles.